The SMILES string of the molecule is C=CC(=O)N(C)Cc1cc2ccccc2n1C.CN(Cc1cc2ccccc2n1C)C(=O)/C=C/c1ccc(Nc2ccccc2)nc1. The summed E-state index contributed by atoms with van der Waals surface area (Å²) in [6.07, 6.45) is 6.46. The van der Waals surface area contributed by atoms with E-state index >= 15 is 0 Å². The summed E-state index contributed by atoms with van der Waals surface area (Å²) in [7, 11) is 7.64. The molecule has 0 aliphatic heterocycles. The average Bonchev–Trinajstić information content (AvgIpc) is 3.59. The van der Waals surface area contributed by atoms with E-state index in [4.69, 9.17) is 0 Å². The topological polar surface area (TPSA) is 75.4 Å². The molecule has 6 aromatic rings. The molecule has 0 fully saturated rings. The molecule has 0 saturated carbocycles. The molecule has 0 bridgehead atoms. The van der Waals surface area contributed by atoms with Crippen LogP contribution in [-0.4, -0.2) is 49.8 Å². The number of nitrogens with one attached hydrogen (secondary N) is 1. The van der Waals surface area contributed by atoms with Crippen molar-refractivity contribution in [3.63, 3.8) is 0 Å². The average molecular weight is 625 g/mol. The van der Waals surface area contributed by atoms with Crippen LogP contribution in [0.15, 0.2) is 128 Å². The first-order valence-electron chi connectivity index (χ1n) is 15.4. The van der Waals surface area contributed by atoms with Crippen LogP contribution in [0.1, 0.15) is 17.0 Å². The number of anilines is 2. The van der Waals surface area contributed by atoms with Gasteiger partial charge in [0, 0.05) is 68.6 Å². The second-order valence-corrected chi connectivity index (χ2v) is 11.4. The van der Waals surface area contributed by atoms with Gasteiger partial charge in [-0.1, -0.05) is 61.2 Å². The van der Waals surface area contributed by atoms with E-state index in [2.05, 4.69) is 62.4 Å². The van der Waals surface area contributed by atoms with E-state index in [9.17, 15) is 9.59 Å². The van der Waals surface area contributed by atoms with Crippen LogP contribution >= 0.6 is 0 Å². The lowest BCUT2D eigenvalue weighted by Crippen LogP contribution is -2.25. The minimum atomic E-state index is -0.0599. The maximum atomic E-state index is 12.6. The Morgan fingerprint density at radius 3 is 1.79 bits per heavy atom. The first-order valence-corrected chi connectivity index (χ1v) is 15.4. The second kappa shape index (κ2) is 14.9. The lowest BCUT2D eigenvalue weighted by Gasteiger charge is -2.15. The number of likely N-dealkylation sites (N-methyl/N-ethyl adjacent to an activating group) is 2. The molecule has 2 amide bonds. The normalized spacial score (nSPS) is 10.9. The molecular formula is C39H40N6O2. The van der Waals surface area contributed by atoms with Gasteiger partial charge < -0.3 is 24.3 Å². The highest BCUT2D eigenvalue weighted by Gasteiger charge is 2.12. The fraction of sp³-hybridized carbons (Fsp3) is 0.154. The Bertz CT molecular complexity index is 2020. The van der Waals surface area contributed by atoms with Crippen molar-refractivity contribution in [2.75, 3.05) is 19.4 Å². The minimum absolute atomic E-state index is 0.0493. The summed E-state index contributed by atoms with van der Waals surface area (Å²) in [5, 5.41) is 5.63. The number of carbonyl (C=O) groups excluding carboxylic acids is 2. The minimum Gasteiger partial charge on any atom is -0.346 e. The number of fused-ring (bicyclic) bond motifs is 2. The van der Waals surface area contributed by atoms with E-state index in [1.54, 1.807) is 35.2 Å². The molecule has 0 aliphatic carbocycles. The lowest BCUT2D eigenvalue weighted by atomic mass is 10.2. The number of para-hydroxylation sites is 3. The number of hydrogen-bond acceptors (Lipinski definition) is 4. The Labute approximate surface area is 275 Å². The maximum absolute atomic E-state index is 12.6. The van der Waals surface area contributed by atoms with Gasteiger partial charge in [0.2, 0.25) is 11.8 Å². The van der Waals surface area contributed by atoms with Gasteiger partial charge in [-0.3, -0.25) is 9.59 Å². The zero-order chi connectivity index (χ0) is 33.3. The maximum Gasteiger partial charge on any atom is 0.246 e. The predicted molar refractivity (Wildman–Crippen MR) is 192 cm³/mol. The van der Waals surface area contributed by atoms with Crippen LogP contribution in [0.3, 0.4) is 0 Å². The zero-order valence-electron chi connectivity index (χ0n) is 27.3. The molecule has 3 aromatic carbocycles. The standard InChI is InChI=1S/C25H24N4O.C14H16N2O/c1-28(18-22-16-20-8-6-7-11-23(20)29(22)2)25(30)15-13-19-12-14-24(26-17-19)27-21-9-4-3-5-10-21;1-4-14(17)15(2)10-12-9-11-7-5-6-8-13(11)16(12)3/h3-17H,18H2,1-2H3,(H,26,27);4-9H,1,10H2,2-3H3/b15-13+;. The fourth-order valence-electron chi connectivity index (χ4n) is 5.34. The van der Waals surface area contributed by atoms with Crippen LogP contribution in [0, 0.1) is 0 Å². The van der Waals surface area contributed by atoms with Gasteiger partial charge in [0.25, 0.3) is 0 Å². The van der Waals surface area contributed by atoms with Crippen molar-refractivity contribution in [3.05, 3.63) is 145 Å². The highest BCUT2D eigenvalue weighted by atomic mass is 16.2. The molecule has 0 atom stereocenters. The predicted octanol–water partition coefficient (Wildman–Crippen LogP) is 7.31. The monoisotopic (exact) mass is 624 g/mol. The van der Waals surface area contributed by atoms with Gasteiger partial charge in [-0.25, -0.2) is 4.98 Å². The Morgan fingerprint density at radius 1 is 0.745 bits per heavy atom. The zero-order valence-corrected chi connectivity index (χ0v) is 27.3. The van der Waals surface area contributed by atoms with Crippen molar-refractivity contribution in [2.45, 2.75) is 13.1 Å². The summed E-state index contributed by atoms with van der Waals surface area (Å²) in [5.41, 5.74) is 6.42. The van der Waals surface area contributed by atoms with Crippen LogP contribution in [0.2, 0.25) is 0 Å². The number of aromatic nitrogens is 3. The molecular weight excluding hydrogens is 584 g/mol. The molecule has 238 valence electrons. The summed E-state index contributed by atoms with van der Waals surface area (Å²) in [5.74, 6) is 0.652. The van der Waals surface area contributed by atoms with Crippen molar-refractivity contribution >= 4 is 51.2 Å². The summed E-state index contributed by atoms with van der Waals surface area (Å²) in [6.45, 7) is 4.63. The third-order valence-electron chi connectivity index (χ3n) is 8.08. The largest absolute Gasteiger partial charge is 0.346 e. The molecule has 47 heavy (non-hydrogen) atoms. The van der Waals surface area contributed by atoms with Crippen LogP contribution in [0.5, 0.6) is 0 Å². The van der Waals surface area contributed by atoms with Gasteiger partial charge in [-0.05, 0) is 77.0 Å². The fourth-order valence-corrected chi connectivity index (χ4v) is 5.34. The molecule has 8 nitrogen and oxygen atoms in total. The Kier molecular flexibility index (Phi) is 10.3. The van der Waals surface area contributed by atoms with E-state index in [0.717, 1.165) is 28.5 Å². The molecule has 0 saturated heterocycles. The van der Waals surface area contributed by atoms with Gasteiger partial charge in [0.15, 0.2) is 0 Å². The molecule has 6 rings (SSSR count). The van der Waals surface area contributed by atoms with Gasteiger partial charge in [0.05, 0.1) is 13.1 Å². The van der Waals surface area contributed by atoms with Gasteiger partial charge >= 0.3 is 0 Å². The Balaban J connectivity index is 0.000000216. The van der Waals surface area contributed by atoms with E-state index < -0.39 is 0 Å². The first kappa shape index (κ1) is 32.5. The summed E-state index contributed by atoms with van der Waals surface area (Å²) in [4.78, 5) is 31.8. The van der Waals surface area contributed by atoms with Gasteiger partial charge in [0.1, 0.15) is 5.82 Å². The van der Waals surface area contributed by atoms with E-state index in [1.165, 1.54) is 27.9 Å². The second-order valence-electron chi connectivity index (χ2n) is 11.4. The van der Waals surface area contributed by atoms with Crippen molar-refractivity contribution in [3.8, 4) is 0 Å². The van der Waals surface area contributed by atoms with Crippen molar-refractivity contribution in [2.24, 2.45) is 14.1 Å². The number of benzene rings is 3. The van der Waals surface area contributed by atoms with Crippen LogP contribution < -0.4 is 5.32 Å². The first-order chi connectivity index (χ1) is 22.7. The van der Waals surface area contributed by atoms with Gasteiger partial charge in [-0.2, -0.15) is 0 Å². The van der Waals surface area contributed by atoms with E-state index in [1.807, 2.05) is 87.9 Å². The number of aryl methyl sites for hydroxylation is 2. The van der Waals surface area contributed by atoms with Gasteiger partial charge in [-0.15, -0.1) is 0 Å². The van der Waals surface area contributed by atoms with Crippen LogP contribution in [0.4, 0.5) is 11.5 Å². The molecule has 0 aliphatic rings. The lowest BCUT2D eigenvalue weighted by molar-refractivity contribution is -0.126. The molecule has 3 aromatic heterocycles. The number of amides is 2. The third kappa shape index (κ3) is 8.04. The molecule has 0 spiro atoms. The Hall–Kier alpha value is -5.89. The molecule has 0 unspecified atom stereocenters. The quantitative estimate of drug-likeness (QED) is 0.171. The summed E-state index contributed by atoms with van der Waals surface area (Å²) >= 11 is 0. The van der Waals surface area contributed by atoms with Crippen molar-refractivity contribution in [1.29, 1.82) is 0 Å². The summed E-state index contributed by atoms with van der Waals surface area (Å²) in [6, 6.07) is 34.4. The number of rotatable bonds is 9. The highest BCUT2D eigenvalue weighted by molar-refractivity contribution is 5.91. The Morgan fingerprint density at radius 2 is 1.28 bits per heavy atom. The van der Waals surface area contributed by atoms with Crippen molar-refractivity contribution in [1.82, 2.24) is 23.9 Å². The number of hydrogen-bond donors (Lipinski definition) is 1. The van der Waals surface area contributed by atoms with Crippen LogP contribution in [0.25, 0.3) is 27.9 Å². The molecule has 3 heterocycles. The van der Waals surface area contributed by atoms with Crippen molar-refractivity contribution < 1.29 is 9.59 Å². The third-order valence-corrected chi connectivity index (χ3v) is 8.08. The smallest absolute Gasteiger partial charge is 0.246 e. The highest BCUT2D eigenvalue weighted by Crippen LogP contribution is 2.21. The van der Waals surface area contributed by atoms with E-state index in [0.29, 0.717) is 13.1 Å². The van der Waals surface area contributed by atoms with Crippen LogP contribution in [-0.2, 0) is 36.8 Å². The number of pyridine rings is 1. The summed E-state index contributed by atoms with van der Waals surface area (Å²) < 4.78 is 4.24. The number of nitrogens with zero attached hydrogens (tertiary/aromatic N) is 5. The number of carbonyl (C=O) groups is 2. The van der Waals surface area contributed by atoms with E-state index in [-0.39, 0.29) is 11.8 Å². The molecule has 8 heteroatoms. The molecule has 0 radical (unpaired) electrons. The molecule has 1 N–H and O–H groups in total.